The van der Waals surface area contributed by atoms with Crippen molar-refractivity contribution in [1.29, 1.82) is 0 Å². The molecule has 1 spiro atoms. The molecule has 0 aliphatic carbocycles. The fraction of sp³-hybridized carbons (Fsp3) is 0.238. The van der Waals surface area contributed by atoms with E-state index in [4.69, 9.17) is 14.0 Å². The van der Waals surface area contributed by atoms with Crippen LogP contribution in [0, 0.1) is 0 Å². The second-order valence-electron chi connectivity index (χ2n) is 7.07. The molecule has 5 rings (SSSR count). The van der Waals surface area contributed by atoms with E-state index in [2.05, 4.69) is 15.5 Å². The first-order valence-electron chi connectivity index (χ1n) is 9.44. The van der Waals surface area contributed by atoms with Gasteiger partial charge in [-0.15, -0.1) is 0 Å². The van der Waals surface area contributed by atoms with Crippen LogP contribution in [0.3, 0.4) is 0 Å². The molecule has 1 atom stereocenters. The maximum atomic E-state index is 13.3. The number of fused-ring (bicyclic) bond motifs is 2. The number of ether oxygens (including phenoxy) is 2. The Labute approximate surface area is 171 Å². The van der Waals surface area contributed by atoms with Crippen LogP contribution in [-0.2, 0) is 16.9 Å². The largest absolute Gasteiger partial charge is 0.497 e. The predicted molar refractivity (Wildman–Crippen MR) is 104 cm³/mol. The van der Waals surface area contributed by atoms with Gasteiger partial charge < -0.3 is 19.3 Å². The van der Waals surface area contributed by atoms with E-state index in [1.165, 1.54) is 0 Å². The van der Waals surface area contributed by atoms with E-state index < -0.39 is 11.6 Å². The molecule has 3 heterocycles. The number of methoxy groups -OCH3 is 1. The van der Waals surface area contributed by atoms with Crippen LogP contribution in [0.25, 0.3) is 11.4 Å². The highest BCUT2D eigenvalue weighted by Crippen LogP contribution is 2.41. The first kappa shape index (κ1) is 18.2. The Balaban J connectivity index is 1.41. The van der Waals surface area contributed by atoms with Crippen molar-refractivity contribution < 1.29 is 23.6 Å². The van der Waals surface area contributed by atoms with E-state index in [1.807, 2.05) is 30.3 Å². The Morgan fingerprint density at radius 1 is 1.20 bits per heavy atom. The van der Waals surface area contributed by atoms with Crippen LogP contribution in [0.15, 0.2) is 53.1 Å². The quantitative estimate of drug-likeness (QED) is 0.663. The molecule has 152 valence electrons. The number of nitrogens with one attached hydrogen (secondary N) is 1. The van der Waals surface area contributed by atoms with Gasteiger partial charge in [-0.25, -0.2) is 4.79 Å². The van der Waals surface area contributed by atoms with Crippen LogP contribution in [0.4, 0.5) is 4.79 Å². The maximum absolute atomic E-state index is 13.3. The summed E-state index contributed by atoms with van der Waals surface area (Å²) in [5.41, 5.74) is 0.220. The highest BCUT2D eigenvalue weighted by Gasteiger charge is 2.55. The molecule has 1 saturated heterocycles. The van der Waals surface area contributed by atoms with E-state index in [1.54, 1.807) is 25.3 Å². The summed E-state index contributed by atoms with van der Waals surface area (Å²) in [5, 5.41) is 6.81. The van der Waals surface area contributed by atoms with E-state index in [0.717, 1.165) is 4.90 Å². The minimum atomic E-state index is -1.14. The zero-order chi connectivity index (χ0) is 20.7. The lowest BCUT2D eigenvalue weighted by Crippen LogP contribution is -2.47. The third-order valence-corrected chi connectivity index (χ3v) is 5.35. The maximum Gasteiger partial charge on any atom is 0.325 e. The first-order valence-corrected chi connectivity index (χ1v) is 9.44. The molecule has 9 nitrogen and oxygen atoms in total. The third kappa shape index (κ3) is 2.78. The molecule has 1 aromatic heterocycles. The van der Waals surface area contributed by atoms with Gasteiger partial charge in [0.15, 0.2) is 5.54 Å². The number of hydrogen-bond acceptors (Lipinski definition) is 7. The van der Waals surface area contributed by atoms with Gasteiger partial charge in [0.25, 0.3) is 5.91 Å². The third-order valence-electron chi connectivity index (χ3n) is 5.35. The Morgan fingerprint density at radius 3 is 2.93 bits per heavy atom. The second kappa shape index (κ2) is 6.87. The van der Waals surface area contributed by atoms with Gasteiger partial charge in [-0.1, -0.05) is 35.5 Å². The Morgan fingerprint density at radius 2 is 2.07 bits per heavy atom. The van der Waals surface area contributed by atoms with E-state index >= 15 is 0 Å². The van der Waals surface area contributed by atoms with Crippen molar-refractivity contribution >= 4 is 11.9 Å². The van der Waals surface area contributed by atoms with E-state index in [0.29, 0.717) is 41.5 Å². The zero-order valence-electron chi connectivity index (χ0n) is 16.1. The molecule has 9 heteroatoms. The Kier molecular flexibility index (Phi) is 4.16. The Hall–Kier alpha value is -3.88. The van der Waals surface area contributed by atoms with Crippen molar-refractivity contribution in [2.45, 2.75) is 18.5 Å². The number of imide groups is 1. The smallest absolute Gasteiger partial charge is 0.325 e. The molecule has 0 radical (unpaired) electrons. The van der Waals surface area contributed by atoms with Gasteiger partial charge in [0.05, 0.1) is 13.7 Å². The highest BCUT2D eigenvalue weighted by atomic mass is 16.5. The number of benzene rings is 2. The number of carbonyl (C=O) groups excluding carboxylic acids is 2. The SMILES string of the molecule is COc1cccc(-c2noc(CN3C(=O)NC4(CCOc5ccccc54)C3=O)n2)c1. The summed E-state index contributed by atoms with van der Waals surface area (Å²) in [5.74, 6) is 1.41. The summed E-state index contributed by atoms with van der Waals surface area (Å²) < 4.78 is 16.2. The van der Waals surface area contributed by atoms with Gasteiger partial charge in [0.2, 0.25) is 11.7 Å². The minimum Gasteiger partial charge on any atom is -0.497 e. The van der Waals surface area contributed by atoms with Gasteiger partial charge >= 0.3 is 6.03 Å². The fourth-order valence-electron chi connectivity index (χ4n) is 3.85. The van der Waals surface area contributed by atoms with E-state index in [9.17, 15) is 9.59 Å². The molecule has 0 bridgehead atoms. The standard InChI is InChI=1S/C21H18N4O5/c1-28-14-6-4-5-13(11-14)18-22-17(30-24-18)12-25-19(26)21(23-20(25)27)9-10-29-16-8-3-2-7-15(16)21/h2-8,11H,9-10,12H2,1H3,(H,23,27). The van der Waals surface area contributed by atoms with Crippen LogP contribution in [0.5, 0.6) is 11.5 Å². The fourth-order valence-corrected chi connectivity index (χ4v) is 3.85. The summed E-state index contributed by atoms with van der Waals surface area (Å²) in [6.07, 6.45) is 0.351. The van der Waals surface area contributed by atoms with Crippen LogP contribution in [0.1, 0.15) is 17.9 Å². The van der Waals surface area contributed by atoms with Gasteiger partial charge in [0, 0.05) is 17.5 Å². The normalized spacial score (nSPS) is 20.1. The van der Waals surface area contributed by atoms with E-state index in [-0.39, 0.29) is 18.3 Å². The minimum absolute atomic E-state index is 0.119. The second-order valence-corrected chi connectivity index (χ2v) is 7.07. The van der Waals surface area contributed by atoms with Gasteiger partial charge in [0.1, 0.15) is 18.0 Å². The van der Waals surface area contributed by atoms with Gasteiger partial charge in [-0.3, -0.25) is 9.69 Å². The average Bonchev–Trinajstić information content (AvgIpc) is 3.34. The number of urea groups is 1. The Bertz CT molecular complexity index is 1140. The number of para-hydroxylation sites is 1. The lowest BCUT2D eigenvalue weighted by Gasteiger charge is -2.33. The molecule has 1 fully saturated rings. The number of carbonyl (C=O) groups is 2. The molecule has 2 aliphatic rings. The van der Waals surface area contributed by atoms with Gasteiger partial charge in [-0.05, 0) is 18.2 Å². The molecular weight excluding hydrogens is 388 g/mol. The van der Waals surface area contributed by atoms with Crippen molar-refractivity contribution in [3.63, 3.8) is 0 Å². The predicted octanol–water partition coefficient (Wildman–Crippen LogP) is 2.48. The monoisotopic (exact) mass is 406 g/mol. The number of aromatic nitrogens is 2. The van der Waals surface area contributed by atoms with Crippen molar-refractivity contribution in [3.8, 4) is 22.9 Å². The first-order chi connectivity index (χ1) is 14.6. The van der Waals surface area contributed by atoms with Crippen LogP contribution in [-0.4, -0.2) is 40.7 Å². The number of amides is 3. The summed E-state index contributed by atoms with van der Waals surface area (Å²) in [6.45, 7) is 0.212. The lowest BCUT2D eigenvalue weighted by molar-refractivity contribution is -0.133. The topological polar surface area (TPSA) is 107 Å². The number of rotatable bonds is 4. The van der Waals surface area contributed by atoms with Crippen LogP contribution >= 0.6 is 0 Å². The molecule has 1 unspecified atom stereocenters. The summed E-state index contributed by atoms with van der Waals surface area (Å²) >= 11 is 0. The van der Waals surface area contributed by atoms with Gasteiger partial charge in [-0.2, -0.15) is 4.98 Å². The number of hydrogen-bond donors (Lipinski definition) is 1. The molecule has 0 saturated carbocycles. The van der Waals surface area contributed by atoms with Crippen molar-refractivity contribution in [3.05, 3.63) is 60.0 Å². The number of nitrogens with zero attached hydrogens (tertiary/aromatic N) is 3. The van der Waals surface area contributed by atoms with Crippen molar-refractivity contribution in [2.75, 3.05) is 13.7 Å². The van der Waals surface area contributed by atoms with Crippen molar-refractivity contribution in [1.82, 2.24) is 20.4 Å². The van der Waals surface area contributed by atoms with Crippen LogP contribution in [0.2, 0.25) is 0 Å². The average molecular weight is 406 g/mol. The molecule has 2 aliphatic heterocycles. The highest BCUT2D eigenvalue weighted by molar-refractivity contribution is 6.07. The summed E-state index contributed by atoms with van der Waals surface area (Å²) in [7, 11) is 1.57. The van der Waals surface area contributed by atoms with Crippen molar-refractivity contribution in [2.24, 2.45) is 0 Å². The molecule has 3 amide bonds. The van der Waals surface area contributed by atoms with Crippen LogP contribution < -0.4 is 14.8 Å². The zero-order valence-corrected chi connectivity index (χ0v) is 16.1. The molecule has 1 N–H and O–H groups in total. The molecule has 2 aromatic carbocycles. The molecular formula is C21H18N4O5. The summed E-state index contributed by atoms with van der Waals surface area (Å²) in [6, 6.07) is 13.9. The molecule has 30 heavy (non-hydrogen) atoms. The molecule has 3 aromatic rings. The summed E-state index contributed by atoms with van der Waals surface area (Å²) in [4.78, 5) is 31.4. The lowest BCUT2D eigenvalue weighted by atomic mass is 9.84.